The molecule has 0 saturated heterocycles. The maximum atomic E-state index is 13.1. The van der Waals surface area contributed by atoms with E-state index in [1.165, 1.54) is 0 Å². The highest BCUT2D eigenvalue weighted by atomic mass is 19.1. The molecule has 4 rings (SSSR count). The monoisotopic (exact) mass is 482 g/mol. The molecule has 0 radical (unpaired) electrons. The van der Waals surface area contributed by atoms with E-state index in [9.17, 15) is 9.18 Å². The lowest BCUT2D eigenvalue weighted by Gasteiger charge is -2.24. The first-order valence-electron chi connectivity index (χ1n) is 12.2. The highest BCUT2D eigenvalue weighted by Crippen LogP contribution is 2.38. The zero-order valence-corrected chi connectivity index (χ0v) is 20.0. The van der Waals surface area contributed by atoms with Crippen LogP contribution in [0.4, 0.5) is 10.1 Å². The molecule has 0 bridgehead atoms. The van der Waals surface area contributed by atoms with Gasteiger partial charge in [0.1, 0.15) is 5.69 Å². The first-order valence-corrected chi connectivity index (χ1v) is 12.2. The number of alkyl halides is 1. The molecule has 0 aliphatic heterocycles. The summed E-state index contributed by atoms with van der Waals surface area (Å²) in [6.07, 6.45) is 5.52. The lowest BCUT2D eigenvalue weighted by Crippen LogP contribution is -2.33. The Kier molecular flexibility index (Phi) is 8.28. The average molecular weight is 483 g/mol. The third-order valence-corrected chi connectivity index (χ3v) is 5.87. The van der Waals surface area contributed by atoms with Crippen molar-refractivity contribution in [2.75, 3.05) is 24.7 Å². The molecule has 0 spiro atoms. The van der Waals surface area contributed by atoms with Gasteiger partial charge < -0.3 is 18.7 Å². The van der Waals surface area contributed by atoms with Crippen molar-refractivity contribution in [3.05, 3.63) is 54.2 Å². The Morgan fingerprint density at radius 3 is 2.83 bits per heavy atom. The van der Waals surface area contributed by atoms with Crippen molar-refractivity contribution in [1.82, 2.24) is 15.3 Å². The Bertz CT molecular complexity index is 1140. The fourth-order valence-corrected chi connectivity index (χ4v) is 3.80. The number of benzene rings is 1. The van der Waals surface area contributed by atoms with E-state index in [0.717, 1.165) is 43.5 Å². The number of amides is 1. The first-order chi connectivity index (χ1) is 17.1. The molecule has 35 heavy (non-hydrogen) atoms. The number of unbranched alkanes of at least 4 members (excludes halogenated alkanes) is 2. The Hall–Kier alpha value is -3.49. The van der Waals surface area contributed by atoms with Crippen molar-refractivity contribution in [1.29, 1.82) is 0 Å². The van der Waals surface area contributed by atoms with Gasteiger partial charge in [-0.2, -0.15) is 4.98 Å². The van der Waals surface area contributed by atoms with Crippen LogP contribution in [0.25, 0.3) is 11.3 Å². The summed E-state index contributed by atoms with van der Waals surface area (Å²) >= 11 is 0. The molecule has 186 valence electrons. The van der Waals surface area contributed by atoms with Gasteiger partial charge in [-0.3, -0.25) is 9.18 Å². The van der Waals surface area contributed by atoms with Gasteiger partial charge in [-0.25, -0.2) is 0 Å². The van der Waals surface area contributed by atoms with E-state index in [2.05, 4.69) is 21.9 Å². The van der Waals surface area contributed by atoms with Gasteiger partial charge in [0.15, 0.2) is 5.82 Å². The number of anilines is 1. The number of hydrogen-bond donors (Lipinski definition) is 0. The minimum atomic E-state index is -0.620. The van der Waals surface area contributed by atoms with Crippen LogP contribution in [0.15, 0.2) is 51.5 Å². The predicted octanol–water partition coefficient (Wildman–Crippen LogP) is 5.66. The number of ether oxygens (including phenoxy) is 1. The number of halogens is 1. The van der Waals surface area contributed by atoms with Crippen LogP contribution in [-0.2, 0) is 11.2 Å². The van der Waals surface area contributed by atoms with Crippen LogP contribution >= 0.6 is 0 Å². The smallest absolute Gasteiger partial charge is 0.311 e. The second kappa shape index (κ2) is 11.8. The van der Waals surface area contributed by atoms with Gasteiger partial charge >= 0.3 is 5.95 Å². The average Bonchev–Trinajstić information content (AvgIpc) is 3.42. The van der Waals surface area contributed by atoms with Gasteiger partial charge in [-0.1, -0.05) is 35.4 Å². The molecule has 0 N–H and O–H groups in total. The van der Waals surface area contributed by atoms with E-state index < -0.39 is 6.67 Å². The van der Waals surface area contributed by atoms with Crippen LogP contribution in [0.1, 0.15) is 63.1 Å². The van der Waals surface area contributed by atoms with E-state index in [-0.39, 0.29) is 17.9 Å². The van der Waals surface area contributed by atoms with E-state index in [0.29, 0.717) is 48.7 Å². The number of carbonyl (C=O) groups excluding carboxylic acids is 1. The van der Waals surface area contributed by atoms with Crippen molar-refractivity contribution in [3.8, 4) is 17.2 Å². The molecule has 1 aromatic carbocycles. The molecule has 1 aliphatic carbocycles. The highest BCUT2D eigenvalue weighted by molar-refractivity contribution is 6.05. The summed E-state index contributed by atoms with van der Waals surface area (Å²) in [7, 11) is 0. The molecule has 0 atom stereocenters. The highest BCUT2D eigenvalue weighted by Gasteiger charge is 2.28. The van der Waals surface area contributed by atoms with E-state index in [1.54, 1.807) is 11.0 Å². The Morgan fingerprint density at radius 2 is 2.06 bits per heavy atom. The zero-order valence-electron chi connectivity index (χ0n) is 20.0. The van der Waals surface area contributed by atoms with Crippen molar-refractivity contribution < 1.29 is 23.0 Å². The first kappa shape index (κ1) is 24.6. The van der Waals surface area contributed by atoms with Crippen LogP contribution in [0, 0.1) is 0 Å². The summed E-state index contributed by atoms with van der Waals surface area (Å²) in [6.45, 7) is 6.00. The van der Waals surface area contributed by atoms with Crippen molar-refractivity contribution in [2.45, 2.75) is 57.8 Å². The predicted molar refractivity (Wildman–Crippen MR) is 129 cm³/mol. The maximum absolute atomic E-state index is 13.1. The molecular formula is C26H31FN4O4. The minimum Gasteiger partial charge on any atom is -0.464 e. The Labute approximate surface area is 204 Å². The Morgan fingerprint density at radius 1 is 1.20 bits per heavy atom. The lowest BCUT2D eigenvalue weighted by atomic mass is 10.1. The molecule has 1 amide bonds. The minimum absolute atomic E-state index is 0.0104. The Balaban J connectivity index is 1.39. The largest absolute Gasteiger partial charge is 0.464 e. The van der Waals surface area contributed by atoms with Gasteiger partial charge in [0.2, 0.25) is 5.89 Å². The van der Waals surface area contributed by atoms with Crippen LogP contribution in [0.5, 0.6) is 5.95 Å². The van der Waals surface area contributed by atoms with Crippen LogP contribution in [-0.4, -0.2) is 41.0 Å². The summed E-state index contributed by atoms with van der Waals surface area (Å²) < 4.78 is 28.8. The van der Waals surface area contributed by atoms with Gasteiger partial charge in [-0.15, -0.1) is 0 Å². The second-order valence-electron chi connectivity index (χ2n) is 8.65. The molecular weight excluding hydrogens is 451 g/mol. The zero-order chi connectivity index (χ0) is 24.6. The number of hydrogen-bond acceptors (Lipinski definition) is 7. The van der Waals surface area contributed by atoms with Crippen LogP contribution < -0.4 is 9.64 Å². The summed E-state index contributed by atoms with van der Waals surface area (Å²) in [6, 6.07) is 9.17. The molecule has 3 aromatic rings. The van der Waals surface area contributed by atoms with Crippen LogP contribution in [0.3, 0.4) is 0 Å². The molecule has 2 aromatic heterocycles. The standard InChI is InChI=1S/C26H31FN4O4/c1-3-33-24-17-22(29-35-24)20-8-7-9-21(16-20)31(26(32)18(2)13-14-27)15-6-4-5-10-23-28-25(30-34-23)19-11-12-19/h7-9,16-17,19H,2-6,10-15H2,1H3. The third kappa shape index (κ3) is 6.55. The maximum Gasteiger partial charge on any atom is 0.311 e. The number of nitrogens with zero attached hydrogens (tertiary/aromatic N) is 4. The van der Waals surface area contributed by atoms with E-state index >= 15 is 0 Å². The number of rotatable bonds is 14. The molecule has 2 heterocycles. The van der Waals surface area contributed by atoms with Crippen molar-refractivity contribution in [2.24, 2.45) is 0 Å². The molecule has 1 saturated carbocycles. The number of carbonyl (C=O) groups is 1. The lowest BCUT2D eigenvalue weighted by molar-refractivity contribution is -0.115. The summed E-state index contributed by atoms with van der Waals surface area (Å²) in [5.41, 5.74) is 2.33. The van der Waals surface area contributed by atoms with Gasteiger partial charge in [0, 0.05) is 42.1 Å². The van der Waals surface area contributed by atoms with E-state index in [1.807, 2.05) is 31.2 Å². The summed E-state index contributed by atoms with van der Waals surface area (Å²) in [4.78, 5) is 19.2. The second-order valence-corrected chi connectivity index (χ2v) is 8.65. The van der Waals surface area contributed by atoms with Gasteiger partial charge in [0.25, 0.3) is 5.91 Å². The summed E-state index contributed by atoms with van der Waals surface area (Å²) in [5.74, 6) is 2.03. The van der Waals surface area contributed by atoms with Crippen molar-refractivity contribution >= 4 is 11.6 Å². The quantitative estimate of drug-likeness (QED) is 0.216. The van der Waals surface area contributed by atoms with E-state index in [4.69, 9.17) is 13.8 Å². The topological polar surface area (TPSA) is 94.5 Å². The normalized spacial score (nSPS) is 13.1. The molecule has 1 fully saturated rings. The van der Waals surface area contributed by atoms with Gasteiger partial charge in [-0.05, 0) is 44.7 Å². The number of aromatic nitrogens is 3. The molecule has 9 heteroatoms. The summed E-state index contributed by atoms with van der Waals surface area (Å²) in [5, 5.41) is 8.11. The number of aryl methyl sites for hydroxylation is 1. The SMILES string of the molecule is C=C(CCF)C(=O)N(CCCCCc1nc(C2CC2)no1)c1cccc(-c2cc(OCC)on2)c1. The fraction of sp³-hybridized carbons (Fsp3) is 0.462. The molecule has 1 aliphatic rings. The third-order valence-electron chi connectivity index (χ3n) is 5.87. The molecule has 8 nitrogen and oxygen atoms in total. The van der Waals surface area contributed by atoms with Gasteiger partial charge in [0.05, 0.1) is 19.3 Å². The fourth-order valence-electron chi connectivity index (χ4n) is 3.80. The van der Waals surface area contributed by atoms with Crippen molar-refractivity contribution in [3.63, 3.8) is 0 Å². The van der Waals surface area contributed by atoms with Crippen LogP contribution in [0.2, 0.25) is 0 Å². The molecule has 0 unspecified atom stereocenters.